The Hall–Kier alpha value is -1.29. The molecule has 1 amide bonds. The van der Waals surface area contributed by atoms with Gasteiger partial charge in [0.15, 0.2) is 0 Å². The highest BCUT2D eigenvalue weighted by molar-refractivity contribution is 5.78. The van der Waals surface area contributed by atoms with Crippen molar-refractivity contribution in [3.8, 4) is 0 Å². The molecule has 0 spiro atoms. The molecule has 1 rings (SSSR count). The maximum atomic E-state index is 11.7. The maximum Gasteiger partial charge on any atom is 0.224 e. The summed E-state index contributed by atoms with van der Waals surface area (Å²) in [5, 5.41) is 2.88. The molecular formula is C12H20N2O2. The second-order valence-electron chi connectivity index (χ2n) is 3.84. The summed E-state index contributed by atoms with van der Waals surface area (Å²) < 4.78 is 5.17. The van der Waals surface area contributed by atoms with Crippen LogP contribution in [0.15, 0.2) is 22.8 Å². The van der Waals surface area contributed by atoms with E-state index in [1.165, 1.54) is 0 Å². The number of rotatable bonds is 7. The molecule has 4 nitrogen and oxygen atoms in total. The van der Waals surface area contributed by atoms with Gasteiger partial charge in [-0.05, 0) is 18.6 Å². The van der Waals surface area contributed by atoms with Crippen LogP contribution in [0.1, 0.15) is 25.5 Å². The van der Waals surface area contributed by atoms with Crippen LogP contribution in [0.4, 0.5) is 0 Å². The van der Waals surface area contributed by atoms with Crippen molar-refractivity contribution >= 4 is 5.91 Å². The van der Waals surface area contributed by atoms with Crippen LogP contribution in [0, 0.1) is 5.92 Å². The molecule has 0 fully saturated rings. The largest absolute Gasteiger partial charge is 0.469 e. The second-order valence-corrected chi connectivity index (χ2v) is 3.84. The summed E-state index contributed by atoms with van der Waals surface area (Å²) in [4.78, 5) is 11.7. The average Bonchev–Trinajstić information content (AvgIpc) is 2.78. The number of amides is 1. The standard InChI is InChI=1S/C12H20N2O2/c1-2-4-10(9-13)12(15)14-7-6-11-5-3-8-16-11/h3,5,8,10H,2,4,6-7,9,13H2,1H3,(H,14,15). The van der Waals surface area contributed by atoms with E-state index in [0.717, 1.165) is 25.0 Å². The van der Waals surface area contributed by atoms with Crippen molar-refractivity contribution in [3.05, 3.63) is 24.2 Å². The zero-order valence-electron chi connectivity index (χ0n) is 9.74. The topological polar surface area (TPSA) is 68.3 Å². The van der Waals surface area contributed by atoms with Crippen LogP contribution in [0.5, 0.6) is 0 Å². The van der Waals surface area contributed by atoms with E-state index in [9.17, 15) is 4.79 Å². The molecule has 1 aromatic heterocycles. The Balaban J connectivity index is 2.23. The van der Waals surface area contributed by atoms with E-state index in [1.54, 1.807) is 6.26 Å². The quantitative estimate of drug-likeness (QED) is 0.733. The fraction of sp³-hybridized carbons (Fsp3) is 0.583. The molecule has 1 aromatic rings. The fourth-order valence-electron chi connectivity index (χ4n) is 1.61. The lowest BCUT2D eigenvalue weighted by molar-refractivity contribution is -0.124. The highest BCUT2D eigenvalue weighted by Gasteiger charge is 2.14. The van der Waals surface area contributed by atoms with Crippen LogP contribution in [0.25, 0.3) is 0 Å². The maximum absolute atomic E-state index is 11.7. The van der Waals surface area contributed by atoms with Crippen molar-refractivity contribution in [2.45, 2.75) is 26.2 Å². The summed E-state index contributed by atoms with van der Waals surface area (Å²) >= 11 is 0. The van der Waals surface area contributed by atoms with E-state index in [4.69, 9.17) is 10.2 Å². The van der Waals surface area contributed by atoms with E-state index >= 15 is 0 Å². The fourth-order valence-corrected chi connectivity index (χ4v) is 1.61. The molecule has 0 bridgehead atoms. The van der Waals surface area contributed by atoms with E-state index in [-0.39, 0.29) is 11.8 Å². The molecule has 1 unspecified atom stereocenters. The lowest BCUT2D eigenvalue weighted by atomic mass is 10.0. The molecule has 16 heavy (non-hydrogen) atoms. The lowest BCUT2D eigenvalue weighted by Gasteiger charge is -2.13. The molecule has 0 radical (unpaired) electrons. The van der Waals surface area contributed by atoms with Gasteiger partial charge in [-0.3, -0.25) is 4.79 Å². The highest BCUT2D eigenvalue weighted by atomic mass is 16.3. The predicted molar refractivity (Wildman–Crippen MR) is 62.9 cm³/mol. The first-order chi connectivity index (χ1) is 7.77. The van der Waals surface area contributed by atoms with Crippen LogP contribution in [0.3, 0.4) is 0 Å². The minimum atomic E-state index is -0.0541. The van der Waals surface area contributed by atoms with Crippen molar-refractivity contribution in [2.24, 2.45) is 11.7 Å². The van der Waals surface area contributed by atoms with Crippen LogP contribution in [-0.4, -0.2) is 19.0 Å². The third-order valence-electron chi connectivity index (χ3n) is 2.54. The summed E-state index contributed by atoms with van der Waals surface area (Å²) in [6, 6.07) is 3.75. The van der Waals surface area contributed by atoms with Crippen molar-refractivity contribution in [2.75, 3.05) is 13.1 Å². The average molecular weight is 224 g/mol. The smallest absolute Gasteiger partial charge is 0.224 e. The Morgan fingerprint density at radius 2 is 2.44 bits per heavy atom. The number of nitrogens with one attached hydrogen (secondary N) is 1. The number of nitrogens with two attached hydrogens (primary N) is 1. The van der Waals surface area contributed by atoms with Crippen LogP contribution < -0.4 is 11.1 Å². The van der Waals surface area contributed by atoms with E-state index in [1.807, 2.05) is 12.1 Å². The minimum absolute atomic E-state index is 0.0518. The minimum Gasteiger partial charge on any atom is -0.469 e. The monoisotopic (exact) mass is 224 g/mol. The third kappa shape index (κ3) is 4.06. The number of furan rings is 1. The van der Waals surface area contributed by atoms with Gasteiger partial charge in [0.2, 0.25) is 5.91 Å². The second kappa shape index (κ2) is 7.06. The normalized spacial score (nSPS) is 12.4. The van der Waals surface area contributed by atoms with Gasteiger partial charge in [-0.2, -0.15) is 0 Å². The van der Waals surface area contributed by atoms with Gasteiger partial charge in [0.05, 0.1) is 12.2 Å². The molecule has 0 aliphatic rings. The van der Waals surface area contributed by atoms with Gasteiger partial charge in [0.25, 0.3) is 0 Å². The Kier molecular flexibility index (Phi) is 5.64. The van der Waals surface area contributed by atoms with Gasteiger partial charge in [-0.15, -0.1) is 0 Å². The number of hydrogen-bond donors (Lipinski definition) is 2. The first kappa shape index (κ1) is 12.8. The molecule has 0 saturated carbocycles. The summed E-state index contributed by atoms with van der Waals surface area (Å²) in [7, 11) is 0. The molecule has 0 aliphatic carbocycles. The molecule has 90 valence electrons. The predicted octanol–water partition coefficient (Wildman–Crippen LogP) is 1.31. The lowest BCUT2D eigenvalue weighted by Crippen LogP contribution is -2.36. The Morgan fingerprint density at radius 3 is 3.00 bits per heavy atom. The van der Waals surface area contributed by atoms with Crippen molar-refractivity contribution < 1.29 is 9.21 Å². The highest BCUT2D eigenvalue weighted by Crippen LogP contribution is 2.04. The summed E-state index contributed by atoms with van der Waals surface area (Å²) in [5.74, 6) is 0.887. The zero-order chi connectivity index (χ0) is 11.8. The molecule has 1 heterocycles. The summed E-state index contributed by atoms with van der Waals surface area (Å²) in [6.45, 7) is 3.08. The van der Waals surface area contributed by atoms with E-state index in [0.29, 0.717) is 13.1 Å². The molecule has 1 atom stereocenters. The SMILES string of the molecule is CCCC(CN)C(=O)NCCc1ccco1. The molecular weight excluding hydrogens is 204 g/mol. The van der Waals surface area contributed by atoms with Crippen molar-refractivity contribution in [1.82, 2.24) is 5.32 Å². The molecule has 0 saturated heterocycles. The summed E-state index contributed by atoms with van der Waals surface area (Å²) in [6.07, 6.45) is 4.19. The van der Waals surface area contributed by atoms with E-state index in [2.05, 4.69) is 12.2 Å². The third-order valence-corrected chi connectivity index (χ3v) is 2.54. The molecule has 4 heteroatoms. The van der Waals surface area contributed by atoms with Crippen LogP contribution >= 0.6 is 0 Å². The number of carbonyl (C=O) groups excluding carboxylic acids is 1. The van der Waals surface area contributed by atoms with Gasteiger partial charge in [-0.1, -0.05) is 13.3 Å². The first-order valence-electron chi connectivity index (χ1n) is 5.78. The van der Waals surface area contributed by atoms with Gasteiger partial charge >= 0.3 is 0 Å². The zero-order valence-corrected chi connectivity index (χ0v) is 9.74. The summed E-state index contributed by atoms with van der Waals surface area (Å²) in [5.41, 5.74) is 5.55. The molecule has 0 aromatic carbocycles. The van der Waals surface area contributed by atoms with Crippen molar-refractivity contribution in [1.29, 1.82) is 0 Å². The van der Waals surface area contributed by atoms with Gasteiger partial charge in [-0.25, -0.2) is 0 Å². The first-order valence-corrected chi connectivity index (χ1v) is 5.78. The van der Waals surface area contributed by atoms with Gasteiger partial charge < -0.3 is 15.5 Å². The molecule has 3 N–H and O–H groups in total. The molecule has 0 aliphatic heterocycles. The number of hydrogen-bond acceptors (Lipinski definition) is 3. The van der Waals surface area contributed by atoms with Crippen LogP contribution in [-0.2, 0) is 11.2 Å². The van der Waals surface area contributed by atoms with Gasteiger partial charge in [0.1, 0.15) is 5.76 Å². The van der Waals surface area contributed by atoms with Crippen molar-refractivity contribution in [3.63, 3.8) is 0 Å². The Labute approximate surface area is 96.2 Å². The number of carbonyl (C=O) groups is 1. The Morgan fingerprint density at radius 1 is 1.62 bits per heavy atom. The Bertz CT molecular complexity index is 296. The van der Waals surface area contributed by atoms with Crippen LogP contribution in [0.2, 0.25) is 0 Å². The van der Waals surface area contributed by atoms with Gasteiger partial charge in [0, 0.05) is 19.5 Å². The van der Waals surface area contributed by atoms with E-state index < -0.39 is 0 Å².